The van der Waals surface area contributed by atoms with Crippen molar-refractivity contribution in [1.29, 1.82) is 5.41 Å². The smallest absolute Gasteiger partial charge is 0.203 e. The van der Waals surface area contributed by atoms with Crippen LogP contribution in [0.5, 0.6) is 5.75 Å². The molecule has 1 heterocycles. The van der Waals surface area contributed by atoms with Gasteiger partial charge in [0.15, 0.2) is 0 Å². The summed E-state index contributed by atoms with van der Waals surface area (Å²) in [4.78, 5) is 0. The molecule has 0 saturated heterocycles. The molecule has 0 spiro atoms. The molecule has 8 heteroatoms. The van der Waals surface area contributed by atoms with E-state index in [4.69, 9.17) is 10.1 Å². The SMILES string of the molecule is BrCc1ccc(Br)cc1.N=c1n(CCCOc2ccc(F)cc2)c2ccccc2n1Cc1ccccc1Br. The highest BCUT2D eigenvalue weighted by Gasteiger charge is 2.12. The van der Waals surface area contributed by atoms with Gasteiger partial charge in [-0.2, -0.15) is 0 Å². The Balaban J connectivity index is 0.000000317. The molecule has 0 aliphatic heterocycles. The molecule has 1 aromatic heterocycles. The molecule has 1 N–H and O–H groups in total. The van der Waals surface area contributed by atoms with Crippen LogP contribution in [0.15, 0.2) is 106 Å². The van der Waals surface area contributed by atoms with Crippen molar-refractivity contribution in [3.05, 3.63) is 129 Å². The number of halogens is 4. The highest BCUT2D eigenvalue weighted by molar-refractivity contribution is 9.10. The summed E-state index contributed by atoms with van der Waals surface area (Å²) >= 11 is 10.3. The molecule has 0 fully saturated rings. The maximum atomic E-state index is 13.0. The molecule has 0 unspecified atom stereocenters. The van der Waals surface area contributed by atoms with E-state index in [1.807, 2.05) is 57.7 Å². The molecular formula is C30H27Br3FN3O. The van der Waals surface area contributed by atoms with Crippen LogP contribution >= 0.6 is 47.8 Å². The van der Waals surface area contributed by atoms with Crippen molar-refractivity contribution in [2.75, 3.05) is 6.61 Å². The molecule has 4 aromatic carbocycles. The number of nitrogens with zero attached hydrogens (tertiary/aromatic N) is 2. The number of fused-ring (bicyclic) bond motifs is 1. The average Bonchev–Trinajstić information content (AvgIpc) is 3.20. The maximum absolute atomic E-state index is 13.0. The molecule has 0 aliphatic carbocycles. The van der Waals surface area contributed by atoms with Gasteiger partial charge in [-0.25, -0.2) is 4.39 Å². The minimum Gasteiger partial charge on any atom is -0.494 e. The van der Waals surface area contributed by atoms with Gasteiger partial charge >= 0.3 is 0 Å². The molecule has 5 rings (SSSR count). The molecule has 0 bridgehead atoms. The number of nitrogens with one attached hydrogen (secondary N) is 1. The predicted octanol–water partition coefficient (Wildman–Crippen LogP) is 8.69. The van der Waals surface area contributed by atoms with E-state index in [0.717, 1.165) is 37.3 Å². The lowest BCUT2D eigenvalue weighted by atomic mass is 10.2. The standard InChI is InChI=1S/C23H21BrFN3O.C7H6Br2/c24-20-7-2-1-6-17(20)16-28-22-9-4-3-8-21(22)27(23(28)26)14-5-15-29-19-12-10-18(25)11-13-19;8-5-6-1-3-7(9)4-2-6/h1-4,6-13,26H,5,14-16H2;1-4H,5H2. The number of benzene rings is 4. The van der Waals surface area contributed by atoms with Gasteiger partial charge in [0.1, 0.15) is 11.6 Å². The Morgan fingerprint density at radius 1 is 0.763 bits per heavy atom. The summed E-state index contributed by atoms with van der Waals surface area (Å²) in [6.45, 7) is 1.80. The first-order valence-corrected chi connectivity index (χ1v) is 14.8. The van der Waals surface area contributed by atoms with Crippen molar-refractivity contribution >= 4 is 58.8 Å². The number of rotatable bonds is 8. The number of aryl methyl sites for hydroxylation is 1. The second kappa shape index (κ2) is 13.9. The molecule has 4 nitrogen and oxygen atoms in total. The zero-order chi connectivity index (χ0) is 26.9. The van der Waals surface area contributed by atoms with Crippen molar-refractivity contribution in [2.45, 2.75) is 24.8 Å². The van der Waals surface area contributed by atoms with Gasteiger partial charge in [0.05, 0.1) is 24.2 Å². The lowest BCUT2D eigenvalue weighted by Gasteiger charge is -2.08. The van der Waals surface area contributed by atoms with Crippen LogP contribution in [0.3, 0.4) is 0 Å². The van der Waals surface area contributed by atoms with Crippen molar-refractivity contribution in [3.8, 4) is 5.75 Å². The number of imidazole rings is 1. The largest absolute Gasteiger partial charge is 0.494 e. The van der Waals surface area contributed by atoms with E-state index in [-0.39, 0.29) is 5.82 Å². The molecule has 196 valence electrons. The molecule has 0 amide bonds. The number of hydrogen-bond acceptors (Lipinski definition) is 2. The quantitative estimate of drug-likeness (QED) is 0.128. The summed E-state index contributed by atoms with van der Waals surface area (Å²) in [5.41, 5.74) is 4.97. The molecule has 5 aromatic rings. The Morgan fingerprint density at radius 3 is 2.05 bits per heavy atom. The molecule has 0 aliphatic rings. The zero-order valence-electron chi connectivity index (χ0n) is 20.6. The van der Waals surface area contributed by atoms with Crippen LogP contribution in [-0.4, -0.2) is 15.7 Å². The summed E-state index contributed by atoms with van der Waals surface area (Å²) in [6, 6.07) is 30.5. The van der Waals surface area contributed by atoms with Crippen LogP contribution in [0, 0.1) is 11.2 Å². The first kappa shape index (κ1) is 28.3. The van der Waals surface area contributed by atoms with Gasteiger partial charge in [0, 0.05) is 20.8 Å². The van der Waals surface area contributed by atoms with Crippen LogP contribution < -0.4 is 10.4 Å². The monoisotopic (exact) mass is 701 g/mol. The van der Waals surface area contributed by atoms with Gasteiger partial charge < -0.3 is 13.9 Å². The highest BCUT2D eigenvalue weighted by atomic mass is 79.9. The fourth-order valence-electron chi connectivity index (χ4n) is 3.99. The van der Waals surface area contributed by atoms with Crippen molar-refractivity contribution in [2.24, 2.45) is 0 Å². The number of hydrogen-bond donors (Lipinski definition) is 1. The van der Waals surface area contributed by atoms with Crippen LogP contribution in [0.25, 0.3) is 11.0 Å². The number of para-hydroxylation sites is 2. The Kier molecular flexibility index (Phi) is 10.4. The average molecular weight is 704 g/mol. The van der Waals surface area contributed by atoms with E-state index in [2.05, 4.69) is 72.1 Å². The zero-order valence-corrected chi connectivity index (χ0v) is 25.3. The Labute approximate surface area is 247 Å². The molecular weight excluding hydrogens is 677 g/mol. The van der Waals surface area contributed by atoms with Gasteiger partial charge in [-0.1, -0.05) is 90.3 Å². The third-order valence-corrected chi connectivity index (χ3v) is 7.89. The van der Waals surface area contributed by atoms with E-state index in [1.165, 1.54) is 17.7 Å². The lowest BCUT2D eigenvalue weighted by molar-refractivity contribution is 0.300. The van der Waals surface area contributed by atoms with E-state index < -0.39 is 0 Å². The fraction of sp³-hybridized carbons (Fsp3) is 0.167. The fourth-order valence-corrected chi connectivity index (χ4v) is 5.04. The van der Waals surface area contributed by atoms with Crippen LogP contribution in [0.4, 0.5) is 4.39 Å². The Bertz CT molecular complexity index is 1530. The summed E-state index contributed by atoms with van der Waals surface area (Å²) in [5, 5.41) is 9.68. The van der Waals surface area contributed by atoms with Crippen LogP contribution in [0.1, 0.15) is 17.5 Å². The highest BCUT2D eigenvalue weighted by Crippen LogP contribution is 2.20. The first-order chi connectivity index (χ1) is 18.5. The van der Waals surface area contributed by atoms with Crippen LogP contribution in [-0.2, 0) is 18.4 Å². The topological polar surface area (TPSA) is 42.9 Å². The van der Waals surface area contributed by atoms with Crippen molar-refractivity contribution in [1.82, 2.24) is 9.13 Å². The number of ether oxygens (including phenoxy) is 1. The number of alkyl halides is 1. The summed E-state index contributed by atoms with van der Waals surface area (Å²) in [6.07, 6.45) is 0.747. The summed E-state index contributed by atoms with van der Waals surface area (Å²) in [5.74, 6) is 0.378. The van der Waals surface area contributed by atoms with Gasteiger partial charge in [-0.3, -0.25) is 5.41 Å². The second-order valence-corrected chi connectivity index (χ2v) is 10.9. The number of aromatic nitrogens is 2. The van der Waals surface area contributed by atoms with E-state index in [0.29, 0.717) is 31.1 Å². The van der Waals surface area contributed by atoms with Gasteiger partial charge in [0.25, 0.3) is 0 Å². The molecule has 0 saturated carbocycles. The van der Waals surface area contributed by atoms with Crippen molar-refractivity contribution in [3.63, 3.8) is 0 Å². The molecule has 0 radical (unpaired) electrons. The maximum Gasteiger partial charge on any atom is 0.203 e. The van der Waals surface area contributed by atoms with Gasteiger partial charge in [-0.15, -0.1) is 0 Å². The third-order valence-electron chi connectivity index (χ3n) is 5.94. The normalized spacial score (nSPS) is 10.7. The Morgan fingerprint density at radius 2 is 1.39 bits per heavy atom. The van der Waals surface area contributed by atoms with Gasteiger partial charge in [0.2, 0.25) is 5.62 Å². The lowest BCUT2D eigenvalue weighted by Crippen LogP contribution is -2.25. The minimum atomic E-state index is -0.274. The second-order valence-electron chi connectivity index (χ2n) is 8.56. The molecule has 38 heavy (non-hydrogen) atoms. The summed E-state index contributed by atoms with van der Waals surface area (Å²) < 4.78 is 24.9. The first-order valence-electron chi connectivity index (χ1n) is 12.1. The van der Waals surface area contributed by atoms with E-state index in [1.54, 1.807) is 12.1 Å². The molecule has 0 atom stereocenters. The van der Waals surface area contributed by atoms with Crippen LogP contribution in [0.2, 0.25) is 0 Å². The van der Waals surface area contributed by atoms with Crippen molar-refractivity contribution < 1.29 is 9.13 Å². The van der Waals surface area contributed by atoms with E-state index >= 15 is 0 Å². The van der Waals surface area contributed by atoms with Gasteiger partial charge in [-0.05, 0) is 72.1 Å². The third kappa shape index (κ3) is 7.46. The summed E-state index contributed by atoms with van der Waals surface area (Å²) in [7, 11) is 0. The minimum absolute atomic E-state index is 0.274. The Hall–Kier alpha value is -2.68. The van der Waals surface area contributed by atoms with E-state index in [9.17, 15) is 4.39 Å². The predicted molar refractivity (Wildman–Crippen MR) is 162 cm³/mol.